The topological polar surface area (TPSA) is 68.5 Å². The second-order valence-corrected chi connectivity index (χ2v) is 6.25. The van der Waals surface area contributed by atoms with Crippen molar-refractivity contribution in [3.05, 3.63) is 23.2 Å². The van der Waals surface area contributed by atoms with E-state index in [1.165, 1.54) is 6.42 Å². The van der Waals surface area contributed by atoms with E-state index in [-0.39, 0.29) is 11.9 Å². The van der Waals surface area contributed by atoms with E-state index in [0.717, 1.165) is 19.3 Å². The van der Waals surface area contributed by atoms with Crippen molar-refractivity contribution < 1.29 is 18.7 Å². The molecule has 5 heteroatoms. The van der Waals surface area contributed by atoms with Gasteiger partial charge >= 0.3 is 5.97 Å². The van der Waals surface area contributed by atoms with E-state index in [1.807, 2.05) is 0 Å². The third kappa shape index (κ3) is 3.90. The van der Waals surface area contributed by atoms with Gasteiger partial charge in [0.15, 0.2) is 6.10 Å². The molecule has 0 unspecified atom stereocenters. The first-order valence-corrected chi connectivity index (χ1v) is 7.97. The van der Waals surface area contributed by atoms with Crippen molar-refractivity contribution in [3.63, 3.8) is 0 Å². The molecule has 1 aliphatic rings. The van der Waals surface area contributed by atoms with Gasteiger partial charge in [-0.05, 0) is 45.6 Å². The van der Waals surface area contributed by atoms with E-state index in [2.05, 4.69) is 12.2 Å². The Hall–Kier alpha value is -1.78. The van der Waals surface area contributed by atoms with E-state index in [0.29, 0.717) is 23.0 Å². The molecular formula is C17H25NO4. The van der Waals surface area contributed by atoms with Crippen LogP contribution in [-0.2, 0) is 9.53 Å². The Morgan fingerprint density at radius 3 is 2.59 bits per heavy atom. The third-order valence-corrected chi connectivity index (χ3v) is 4.35. The molecule has 0 aliphatic heterocycles. The van der Waals surface area contributed by atoms with Gasteiger partial charge in [-0.2, -0.15) is 0 Å². The fraction of sp³-hybridized carbons (Fsp3) is 0.647. The number of carbonyl (C=O) groups excluding carboxylic acids is 2. The summed E-state index contributed by atoms with van der Waals surface area (Å²) in [6, 6.07) is 1.81. The molecule has 2 rings (SSSR count). The number of aryl methyl sites for hydroxylation is 2. The van der Waals surface area contributed by atoms with Gasteiger partial charge in [0.1, 0.15) is 17.1 Å². The van der Waals surface area contributed by atoms with Crippen LogP contribution in [0.5, 0.6) is 0 Å². The summed E-state index contributed by atoms with van der Waals surface area (Å²) in [5.74, 6) is 0.881. The lowest BCUT2D eigenvalue weighted by atomic mass is 9.86. The second kappa shape index (κ2) is 6.99. The predicted octanol–water partition coefficient (Wildman–Crippen LogP) is 3.14. The summed E-state index contributed by atoms with van der Waals surface area (Å²) in [6.45, 7) is 7.23. The standard InChI is InChI=1S/C17H25NO4/c1-10-7-5-6-8-15(10)18-16(19)13(4)22-17(20)14-9-11(2)21-12(14)3/h9-10,13,15H,5-8H2,1-4H3,(H,18,19)/t10-,13-,15-/m1/s1. The average molecular weight is 307 g/mol. The summed E-state index contributed by atoms with van der Waals surface area (Å²) >= 11 is 0. The van der Waals surface area contributed by atoms with E-state index in [1.54, 1.807) is 26.8 Å². The maximum Gasteiger partial charge on any atom is 0.342 e. The minimum absolute atomic E-state index is 0.181. The van der Waals surface area contributed by atoms with Crippen molar-refractivity contribution in [1.82, 2.24) is 5.32 Å². The zero-order chi connectivity index (χ0) is 16.3. The molecule has 1 saturated carbocycles. The fourth-order valence-electron chi connectivity index (χ4n) is 2.94. The van der Waals surface area contributed by atoms with Gasteiger partial charge in [-0.25, -0.2) is 4.79 Å². The Morgan fingerprint density at radius 2 is 2.00 bits per heavy atom. The van der Waals surface area contributed by atoms with Crippen LogP contribution >= 0.6 is 0 Å². The third-order valence-electron chi connectivity index (χ3n) is 4.35. The predicted molar refractivity (Wildman–Crippen MR) is 82.6 cm³/mol. The van der Waals surface area contributed by atoms with Crippen LogP contribution in [0.3, 0.4) is 0 Å². The van der Waals surface area contributed by atoms with Crippen LogP contribution in [0, 0.1) is 19.8 Å². The molecule has 0 spiro atoms. The Kier molecular flexibility index (Phi) is 5.27. The number of amides is 1. The minimum Gasteiger partial charge on any atom is -0.466 e. The number of nitrogens with one attached hydrogen (secondary N) is 1. The van der Waals surface area contributed by atoms with Crippen LogP contribution in [0.25, 0.3) is 0 Å². The number of carbonyl (C=O) groups is 2. The zero-order valence-electron chi connectivity index (χ0n) is 13.8. The van der Waals surface area contributed by atoms with Crippen molar-refractivity contribution in [2.45, 2.75) is 65.5 Å². The molecule has 1 aliphatic carbocycles. The molecule has 1 aromatic rings. The number of rotatable bonds is 4. The van der Waals surface area contributed by atoms with Crippen LogP contribution in [0.15, 0.2) is 10.5 Å². The van der Waals surface area contributed by atoms with Crippen molar-refractivity contribution in [1.29, 1.82) is 0 Å². The van der Waals surface area contributed by atoms with Crippen molar-refractivity contribution in [2.75, 3.05) is 0 Å². The molecule has 5 nitrogen and oxygen atoms in total. The molecule has 0 bridgehead atoms. The highest BCUT2D eigenvalue weighted by Gasteiger charge is 2.27. The monoisotopic (exact) mass is 307 g/mol. The number of ether oxygens (including phenoxy) is 1. The molecule has 0 aromatic carbocycles. The highest BCUT2D eigenvalue weighted by Crippen LogP contribution is 2.24. The Balaban J connectivity index is 1.90. The van der Waals surface area contributed by atoms with E-state index >= 15 is 0 Å². The van der Waals surface area contributed by atoms with E-state index < -0.39 is 12.1 Å². The van der Waals surface area contributed by atoms with Crippen LogP contribution < -0.4 is 5.32 Å². The first-order valence-electron chi connectivity index (χ1n) is 7.97. The number of hydrogen-bond acceptors (Lipinski definition) is 4. The lowest BCUT2D eigenvalue weighted by Gasteiger charge is -2.30. The van der Waals surface area contributed by atoms with Gasteiger partial charge in [0.05, 0.1) is 0 Å². The molecule has 3 atom stereocenters. The van der Waals surface area contributed by atoms with Crippen molar-refractivity contribution in [2.24, 2.45) is 5.92 Å². The molecule has 1 heterocycles. The first kappa shape index (κ1) is 16.6. The summed E-state index contributed by atoms with van der Waals surface area (Å²) in [6.07, 6.45) is 3.67. The molecule has 0 saturated heterocycles. The van der Waals surface area contributed by atoms with Gasteiger partial charge in [-0.1, -0.05) is 19.8 Å². The quantitative estimate of drug-likeness (QED) is 0.868. The highest BCUT2D eigenvalue weighted by molar-refractivity contribution is 5.93. The van der Waals surface area contributed by atoms with Crippen LogP contribution in [-0.4, -0.2) is 24.0 Å². The van der Waals surface area contributed by atoms with Crippen molar-refractivity contribution in [3.8, 4) is 0 Å². The molecule has 1 amide bonds. The summed E-state index contributed by atoms with van der Waals surface area (Å²) in [5.41, 5.74) is 0.378. The molecule has 1 fully saturated rings. The normalized spacial score (nSPS) is 22.9. The summed E-state index contributed by atoms with van der Waals surface area (Å²) < 4.78 is 10.6. The summed E-state index contributed by atoms with van der Waals surface area (Å²) in [7, 11) is 0. The first-order chi connectivity index (χ1) is 10.4. The Labute approximate surface area is 131 Å². The van der Waals surface area contributed by atoms with Gasteiger partial charge < -0.3 is 14.5 Å². The van der Waals surface area contributed by atoms with E-state index in [4.69, 9.17) is 9.15 Å². The van der Waals surface area contributed by atoms with Crippen LogP contribution in [0.2, 0.25) is 0 Å². The smallest absolute Gasteiger partial charge is 0.342 e. The summed E-state index contributed by atoms with van der Waals surface area (Å²) in [4.78, 5) is 24.3. The SMILES string of the molecule is Cc1cc(C(=O)O[C@H](C)C(=O)N[C@@H]2CCCC[C@H]2C)c(C)o1. The molecular weight excluding hydrogens is 282 g/mol. The average Bonchev–Trinajstić information content (AvgIpc) is 2.80. The fourth-order valence-corrected chi connectivity index (χ4v) is 2.94. The lowest BCUT2D eigenvalue weighted by molar-refractivity contribution is -0.130. The van der Waals surface area contributed by atoms with Crippen LogP contribution in [0.4, 0.5) is 0 Å². The molecule has 122 valence electrons. The van der Waals surface area contributed by atoms with Gasteiger partial charge in [0.2, 0.25) is 0 Å². The van der Waals surface area contributed by atoms with E-state index in [9.17, 15) is 9.59 Å². The lowest BCUT2D eigenvalue weighted by Crippen LogP contribution is -2.46. The Morgan fingerprint density at radius 1 is 1.32 bits per heavy atom. The number of furan rings is 1. The van der Waals surface area contributed by atoms with Gasteiger partial charge in [0, 0.05) is 6.04 Å². The second-order valence-electron chi connectivity index (χ2n) is 6.25. The van der Waals surface area contributed by atoms with Gasteiger partial charge in [-0.15, -0.1) is 0 Å². The van der Waals surface area contributed by atoms with Gasteiger partial charge in [0.25, 0.3) is 5.91 Å². The molecule has 1 aromatic heterocycles. The minimum atomic E-state index is -0.809. The maximum atomic E-state index is 12.2. The molecule has 1 N–H and O–H groups in total. The number of hydrogen-bond donors (Lipinski definition) is 1. The van der Waals surface area contributed by atoms with Gasteiger partial charge in [-0.3, -0.25) is 4.79 Å². The zero-order valence-corrected chi connectivity index (χ0v) is 13.8. The highest BCUT2D eigenvalue weighted by atomic mass is 16.5. The van der Waals surface area contributed by atoms with Crippen molar-refractivity contribution >= 4 is 11.9 Å². The summed E-state index contributed by atoms with van der Waals surface area (Å²) in [5, 5.41) is 3.01. The molecule has 0 radical (unpaired) electrons. The largest absolute Gasteiger partial charge is 0.466 e. The molecule has 22 heavy (non-hydrogen) atoms. The van der Waals surface area contributed by atoms with Crippen LogP contribution in [0.1, 0.15) is 61.4 Å². The number of esters is 1. The maximum absolute atomic E-state index is 12.2. The Bertz CT molecular complexity index is 549.